The molecule has 1 fully saturated rings. The van der Waals surface area contributed by atoms with Crippen LogP contribution in [-0.2, 0) is 4.79 Å². The average Bonchev–Trinajstić information content (AvgIpc) is 3.22. The summed E-state index contributed by atoms with van der Waals surface area (Å²) in [5.41, 5.74) is 1.05. The molecular formula is C23H31N3O2S. The van der Waals surface area contributed by atoms with E-state index in [9.17, 15) is 4.79 Å². The third kappa shape index (κ3) is 5.73. The van der Waals surface area contributed by atoms with Crippen LogP contribution in [0.5, 0.6) is 5.75 Å². The van der Waals surface area contributed by atoms with Crippen LogP contribution in [0.3, 0.4) is 0 Å². The molecule has 0 radical (unpaired) electrons. The molecule has 3 rings (SSSR count). The van der Waals surface area contributed by atoms with E-state index in [1.54, 1.807) is 7.11 Å². The van der Waals surface area contributed by atoms with E-state index in [0.717, 1.165) is 46.8 Å². The predicted octanol–water partition coefficient (Wildman–Crippen LogP) is 3.95. The van der Waals surface area contributed by atoms with Crippen molar-refractivity contribution in [2.24, 2.45) is 4.99 Å². The number of nitrogens with one attached hydrogen (secondary N) is 1. The zero-order valence-corrected chi connectivity index (χ0v) is 18.4. The molecule has 29 heavy (non-hydrogen) atoms. The fourth-order valence-corrected chi connectivity index (χ4v) is 4.69. The second kappa shape index (κ2) is 10.6. The number of thioether (sulfide) groups is 1. The highest BCUT2D eigenvalue weighted by atomic mass is 32.2. The Morgan fingerprint density at radius 3 is 2.79 bits per heavy atom. The van der Waals surface area contributed by atoms with Crippen LogP contribution in [0, 0.1) is 0 Å². The van der Waals surface area contributed by atoms with Crippen LogP contribution in [0.25, 0.3) is 10.8 Å². The van der Waals surface area contributed by atoms with Crippen molar-refractivity contribution in [1.82, 2.24) is 10.2 Å². The van der Waals surface area contributed by atoms with Gasteiger partial charge in [-0.15, -0.1) is 0 Å². The Bertz CT molecular complexity index is 868. The topological polar surface area (TPSA) is 53.9 Å². The monoisotopic (exact) mass is 413 g/mol. The van der Waals surface area contributed by atoms with Crippen LogP contribution in [0.4, 0.5) is 0 Å². The normalized spacial score (nSPS) is 17.6. The fourth-order valence-electron chi connectivity index (χ4n) is 3.81. The van der Waals surface area contributed by atoms with Crippen molar-refractivity contribution >= 4 is 33.5 Å². The summed E-state index contributed by atoms with van der Waals surface area (Å²) in [6.45, 7) is 7.84. The lowest BCUT2D eigenvalue weighted by Crippen LogP contribution is -2.40. The molecule has 2 aromatic carbocycles. The lowest BCUT2D eigenvalue weighted by molar-refractivity contribution is -0.118. The van der Waals surface area contributed by atoms with Gasteiger partial charge in [0.1, 0.15) is 5.75 Å². The number of benzene rings is 2. The maximum atomic E-state index is 12.4. The number of carbonyl (C=O) groups is 1. The number of amides is 1. The molecule has 1 heterocycles. The van der Waals surface area contributed by atoms with Crippen molar-refractivity contribution in [2.75, 3.05) is 39.0 Å². The summed E-state index contributed by atoms with van der Waals surface area (Å²) >= 11 is 1.51. The number of fused-ring (bicyclic) bond motifs is 1. The molecule has 0 bridgehead atoms. The number of likely N-dealkylation sites (tertiary alicyclic amines) is 1. The van der Waals surface area contributed by atoms with Gasteiger partial charge in [-0.3, -0.25) is 14.7 Å². The lowest BCUT2D eigenvalue weighted by atomic mass is 10.1. The highest BCUT2D eigenvalue weighted by Gasteiger charge is 2.23. The largest absolute Gasteiger partial charge is 0.497 e. The van der Waals surface area contributed by atoms with Crippen molar-refractivity contribution in [1.29, 1.82) is 0 Å². The number of carbonyl (C=O) groups excluding carboxylic acids is 1. The van der Waals surface area contributed by atoms with Gasteiger partial charge in [0.15, 0.2) is 0 Å². The van der Waals surface area contributed by atoms with Gasteiger partial charge in [-0.05, 0) is 61.8 Å². The number of hydrogen-bond acceptors (Lipinski definition) is 5. The molecular weight excluding hydrogens is 382 g/mol. The zero-order valence-electron chi connectivity index (χ0n) is 17.6. The number of aliphatic imine (C=N–C) groups is 1. The van der Waals surface area contributed by atoms with Gasteiger partial charge >= 0.3 is 0 Å². The molecule has 1 saturated heterocycles. The smallest absolute Gasteiger partial charge is 0.230 e. The summed E-state index contributed by atoms with van der Waals surface area (Å²) in [6, 6.07) is 12.8. The predicted molar refractivity (Wildman–Crippen MR) is 123 cm³/mol. The Morgan fingerprint density at radius 1 is 1.24 bits per heavy atom. The Morgan fingerprint density at radius 2 is 2.03 bits per heavy atom. The van der Waals surface area contributed by atoms with Crippen LogP contribution in [-0.4, -0.2) is 60.9 Å². The summed E-state index contributed by atoms with van der Waals surface area (Å²) in [7, 11) is 1.68. The molecule has 0 saturated carbocycles. The van der Waals surface area contributed by atoms with E-state index >= 15 is 0 Å². The molecule has 1 aliphatic rings. The molecule has 2 aromatic rings. The second-order valence-electron chi connectivity index (χ2n) is 7.22. The number of nitrogens with zero attached hydrogens (tertiary/aromatic N) is 2. The van der Waals surface area contributed by atoms with E-state index in [2.05, 4.69) is 46.4 Å². The van der Waals surface area contributed by atoms with Gasteiger partial charge in [-0.25, -0.2) is 0 Å². The highest BCUT2D eigenvalue weighted by molar-refractivity contribution is 8.14. The van der Waals surface area contributed by atoms with Crippen LogP contribution in [0.2, 0.25) is 0 Å². The molecule has 0 aliphatic carbocycles. The van der Waals surface area contributed by atoms with Crippen LogP contribution < -0.4 is 10.1 Å². The number of methoxy groups -OCH3 is 1. The summed E-state index contributed by atoms with van der Waals surface area (Å²) in [4.78, 5) is 19.5. The maximum absolute atomic E-state index is 12.4. The van der Waals surface area contributed by atoms with Gasteiger partial charge in [0.2, 0.25) is 5.91 Å². The molecule has 1 atom stereocenters. The summed E-state index contributed by atoms with van der Waals surface area (Å²) in [5.74, 6) is 1.31. The van der Waals surface area contributed by atoms with Crippen LogP contribution in [0.1, 0.15) is 32.3 Å². The van der Waals surface area contributed by atoms with Crippen molar-refractivity contribution < 1.29 is 9.53 Å². The lowest BCUT2D eigenvalue weighted by Gasteiger charge is -2.22. The zero-order chi connectivity index (χ0) is 20.6. The fraction of sp³-hybridized carbons (Fsp3) is 0.478. The van der Waals surface area contributed by atoms with Gasteiger partial charge in [-0.2, -0.15) is 0 Å². The third-order valence-electron chi connectivity index (χ3n) is 5.38. The van der Waals surface area contributed by atoms with Crippen LogP contribution >= 0.6 is 11.8 Å². The number of rotatable bonds is 8. The maximum Gasteiger partial charge on any atom is 0.230 e. The molecule has 1 amide bonds. The summed E-state index contributed by atoms with van der Waals surface area (Å²) in [5, 5.41) is 6.29. The first kappa shape index (κ1) is 21.7. The quantitative estimate of drug-likeness (QED) is 0.526. The highest BCUT2D eigenvalue weighted by Crippen LogP contribution is 2.24. The SMILES string of the molecule is CCN=C(SCC(=O)NCC1CCCN1CC)c1ccc2cc(OC)ccc2c1. The first-order valence-electron chi connectivity index (χ1n) is 10.4. The summed E-state index contributed by atoms with van der Waals surface area (Å²) < 4.78 is 5.30. The Hall–Kier alpha value is -2.05. The molecule has 156 valence electrons. The minimum absolute atomic E-state index is 0.0762. The molecule has 6 heteroatoms. The van der Waals surface area contributed by atoms with E-state index < -0.39 is 0 Å². The summed E-state index contributed by atoms with van der Waals surface area (Å²) in [6.07, 6.45) is 2.40. The van der Waals surface area contributed by atoms with E-state index in [-0.39, 0.29) is 5.91 Å². The number of likely N-dealkylation sites (N-methyl/N-ethyl adjacent to an activating group) is 1. The molecule has 0 aromatic heterocycles. The average molecular weight is 414 g/mol. The van der Waals surface area contributed by atoms with E-state index in [1.807, 2.05) is 19.1 Å². The molecule has 1 unspecified atom stereocenters. The van der Waals surface area contributed by atoms with Gasteiger partial charge < -0.3 is 10.1 Å². The Labute approximate surface area is 177 Å². The van der Waals surface area contributed by atoms with Crippen molar-refractivity contribution in [3.63, 3.8) is 0 Å². The molecule has 5 nitrogen and oxygen atoms in total. The van der Waals surface area contributed by atoms with E-state index in [0.29, 0.717) is 18.3 Å². The Balaban J connectivity index is 1.60. The van der Waals surface area contributed by atoms with Gasteiger partial charge in [0.05, 0.1) is 17.9 Å². The first-order valence-corrected chi connectivity index (χ1v) is 11.4. The molecule has 1 aliphatic heterocycles. The van der Waals surface area contributed by atoms with Gasteiger partial charge in [0, 0.05) is 24.7 Å². The third-order valence-corrected chi connectivity index (χ3v) is 6.42. The van der Waals surface area contributed by atoms with Gasteiger partial charge in [0.25, 0.3) is 0 Å². The minimum Gasteiger partial charge on any atom is -0.497 e. The number of ether oxygens (including phenoxy) is 1. The first-order chi connectivity index (χ1) is 14.1. The van der Waals surface area contributed by atoms with Crippen LogP contribution in [0.15, 0.2) is 41.4 Å². The van der Waals surface area contributed by atoms with Crippen molar-refractivity contribution in [3.8, 4) is 5.75 Å². The molecule has 1 N–H and O–H groups in total. The van der Waals surface area contributed by atoms with Crippen molar-refractivity contribution in [3.05, 3.63) is 42.0 Å². The van der Waals surface area contributed by atoms with Gasteiger partial charge in [-0.1, -0.05) is 36.9 Å². The number of hydrogen-bond donors (Lipinski definition) is 1. The van der Waals surface area contributed by atoms with E-state index in [4.69, 9.17) is 4.74 Å². The second-order valence-corrected chi connectivity index (χ2v) is 8.19. The van der Waals surface area contributed by atoms with E-state index in [1.165, 1.54) is 24.6 Å². The van der Waals surface area contributed by atoms with Crippen molar-refractivity contribution in [2.45, 2.75) is 32.7 Å². The molecule has 0 spiro atoms. The Kier molecular flexibility index (Phi) is 7.95. The minimum atomic E-state index is 0.0762. The standard InChI is InChI=1S/C23H31N3O2S/c1-4-24-23(19-9-8-18-14-21(28-3)11-10-17(18)13-19)29-16-22(27)25-15-20-7-6-12-26(20)5-2/h8-11,13-14,20H,4-7,12,15-16H2,1-3H3,(H,25,27).